The summed E-state index contributed by atoms with van der Waals surface area (Å²) in [4.78, 5) is 31.1. The molecule has 1 aliphatic rings. The monoisotopic (exact) mass is 547 g/mol. The molecule has 4 rings (SSSR count). The van der Waals surface area contributed by atoms with Crippen molar-refractivity contribution < 1.29 is 17.9 Å². The van der Waals surface area contributed by atoms with Crippen LogP contribution in [-0.4, -0.2) is 73.4 Å². The minimum atomic E-state index is -3.78. The molecule has 0 saturated carbocycles. The van der Waals surface area contributed by atoms with E-state index in [4.69, 9.17) is 9.47 Å². The van der Waals surface area contributed by atoms with Gasteiger partial charge in [-0.3, -0.25) is 18.8 Å². The highest BCUT2D eigenvalue weighted by atomic mass is 32.2. The Bertz CT molecular complexity index is 1480. The van der Waals surface area contributed by atoms with Gasteiger partial charge < -0.3 is 14.5 Å². The van der Waals surface area contributed by atoms with E-state index in [0.29, 0.717) is 68.3 Å². The van der Waals surface area contributed by atoms with Crippen molar-refractivity contribution in [3.05, 3.63) is 45.1 Å². The standard InChI is InChI=1S/C26H37N5O6S/c1-4-10-31-22-18-21(28-24(22)25(32)29(3)26(31)33)20-17-19(7-8-23(20)37-14-5-2)38(34,35)27-9-6-11-30-12-15-36-16-13-30/h7-8,17-18,27-28H,4-6,9-16H2,1-3H3. The maximum Gasteiger partial charge on any atom is 0.331 e. The molecule has 0 amide bonds. The van der Waals surface area contributed by atoms with Gasteiger partial charge in [0.25, 0.3) is 5.56 Å². The van der Waals surface area contributed by atoms with Gasteiger partial charge in [0, 0.05) is 38.8 Å². The molecule has 1 saturated heterocycles. The van der Waals surface area contributed by atoms with Crippen molar-refractivity contribution in [3.8, 4) is 17.0 Å². The lowest BCUT2D eigenvalue weighted by Crippen LogP contribution is -2.38. The second kappa shape index (κ2) is 12.3. The fraction of sp³-hybridized carbons (Fsp3) is 0.538. The lowest BCUT2D eigenvalue weighted by molar-refractivity contribution is 0.0376. The van der Waals surface area contributed by atoms with E-state index in [1.54, 1.807) is 22.8 Å². The van der Waals surface area contributed by atoms with Crippen molar-refractivity contribution in [2.45, 2.75) is 44.6 Å². The van der Waals surface area contributed by atoms with Gasteiger partial charge >= 0.3 is 5.69 Å². The number of benzene rings is 1. The number of aryl methyl sites for hydroxylation is 1. The van der Waals surface area contributed by atoms with Gasteiger partial charge in [0.1, 0.15) is 11.3 Å². The Morgan fingerprint density at radius 3 is 2.55 bits per heavy atom. The Labute approximate surface area is 222 Å². The van der Waals surface area contributed by atoms with Crippen molar-refractivity contribution in [1.29, 1.82) is 0 Å². The third kappa shape index (κ3) is 6.04. The fourth-order valence-electron chi connectivity index (χ4n) is 4.58. The number of ether oxygens (including phenoxy) is 2. The van der Waals surface area contributed by atoms with Gasteiger partial charge in [0.15, 0.2) is 0 Å². The number of morpholine rings is 1. The molecule has 0 spiro atoms. The molecule has 12 heteroatoms. The van der Waals surface area contributed by atoms with Crippen LogP contribution >= 0.6 is 0 Å². The highest BCUT2D eigenvalue weighted by Crippen LogP contribution is 2.33. The molecular formula is C26H37N5O6S. The van der Waals surface area contributed by atoms with E-state index in [2.05, 4.69) is 14.6 Å². The van der Waals surface area contributed by atoms with E-state index >= 15 is 0 Å². The number of rotatable bonds is 12. The molecule has 11 nitrogen and oxygen atoms in total. The summed E-state index contributed by atoms with van der Waals surface area (Å²) in [6.07, 6.45) is 2.17. The summed E-state index contributed by atoms with van der Waals surface area (Å²) < 4.78 is 42.9. The molecule has 2 aromatic heterocycles. The molecule has 0 bridgehead atoms. The third-order valence-electron chi connectivity index (χ3n) is 6.63. The third-order valence-corrected chi connectivity index (χ3v) is 8.09. The maximum atomic E-state index is 13.2. The molecule has 1 fully saturated rings. The Balaban J connectivity index is 1.66. The van der Waals surface area contributed by atoms with Crippen molar-refractivity contribution in [1.82, 2.24) is 23.7 Å². The molecule has 1 aromatic carbocycles. The molecule has 208 valence electrons. The maximum absolute atomic E-state index is 13.2. The van der Waals surface area contributed by atoms with E-state index in [0.717, 1.165) is 30.6 Å². The largest absolute Gasteiger partial charge is 0.493 e. The highest BCUT2D eigenvalue weighted by molar-refractivity contribution is 7.89. The fourth-order valence-corrected chi connectivity index (χ4v) is 5.68. The lowest BCUT2D eigenvalue weighted by Gasteiger charge is -2.26. The van der Waals surface area contributed by atoms with Crippen LogP contribution in [0, 0.1) is 0 Å². The van der Waals surface area contributed by atoms with Gasteiger partial charge in [-0.2, -0.15) is 0 Å². The second-order valence-corrected chi connectivity index (χ2v) is 11.2. The van der Waals surface area contributed by atoms with Gasteiger partial charge in [-0.05, 0) is 50.1 Å². The van der Waals surface area contributed by atoms with E-state index in [9.17, 15) is 18.0 Å². The molecule has 0 radical (unpaired) electrons. The zero-order chi connectivity index (χ0) is 27.3. The minimum Gasteiger partial charge on any atom is -0.493 e. The Hall–Kier alpha value is -2.93. The van der Waals surface area contributed by atoms with Crippen LogP contribution in [0.25, 0.3) is 22.3 Å². The summed E-state index contributed by atoms with van der Waals surface area (Å²) in [6, 6.07) is 6.42. The van der Waals surface area contributed by atoms with Crippen LogP contribution in [0.2, 0.25) is 0 Å². The second-order valence-electron chi connectivity index (χ2n) is 9.45. The average Bonchev–Trinajstić information content (AvgIpc) is 3.37. The minimum absolute atomic E-state index is 0.0974. The van der Waals surface area contributed by atoms with Gasteiger partial charge in [0.05, 0.1) is 35.9 Å². The van der Waals surface area contributed by atoms with E-state index < -0.39 is 21.3 Å². The molecule has 2 N–H and O–H groups in total. The number of nitrogens with zero attached hydrogens (tertiary/aromatic N) is 3. The van der Waals surface area contributed by atoms with Crippen LogP contribution in [0.5, 0.6) is 5.75 Å². The zero-order valence-electron chi connectivity index (χ0n) is 22.3. The van der Waals surface area contributed by atoms with Crippen LogP contribution in [0.15, 0.2) is 38.8 Å². The van der Waals surface area contributed by atoms with Crippen molar-refractivity contribution >= 4 is 21.1 Å². The predicted molar refractivity (Wildman–Crippen MR) is 146 cm³/mol. The van der Waals surface area contributed by atoms with Gasteiger partial charge in [-0.1, -0.05) is 13.8 Å². The van der Waals surface area contributed by atoms with Crippen molar-refractivity contribution in [3.63, 3.8) is 0 Å². The number of sulfonamides is 1. The van der Waals surface area contributed by atoms with Gasteiger partial charge in [0.2, 0.25) is 10.0 Å². The summed E-state index contributed by atoms with van der Waals surface area (Å²) in [7, 11) is -2.33. The van der Waals surface area contributed by atoms with Crippen LogP contribution in [0.4, 0.5) is 0 Å². The lowest BCUT2D eigenvalue weighted by atomic mass is 10.1. The first-order valence-electron chi connectivity index (χ1n) is 13.2. The molecule has 0 aliphatic carbocycles. The topological polar surface area (TPSA) is 128 Å². The number of fused-ring (bicyclic) bond motifs is 1. The summed E-state index contributed by atoms with van der Waals surface area (Å²) in [6.45, 7) is 9.06. The van der Waals surface area contributed by atoms with Crippen molar-refractivity contribution in [2.24, 2.45) is 7.05 Å². The highest BCUT2D eigenvalue weighted by Gasteiger charge is 2.21. The number of aromatic nitrogens is 3. The van der Waals surface area contributed by atoms with E-state index in [-0.39, 0.29) is 10.4 Å². The molecule has 0 atom stereocenters. The first kappa shape index (κ1) is 28.1. The molecule has 0 unspecified atom stereocenters. The molecule has 3 aromatic rings. The van der Waals surface area contributed by atoms with Crippen LogP contribution in [0.1, 0.15) is 33.1 Å². The Morgan fingerprint density at radius 1 is 1.08 bits per heavy atom. The molecule has 3 heterocycles. The SMILES string of the molecule is CCCOc1ccc(S(=O)(=O)NCCCN2CCOCC2)cc1-c1cc2c([nH]1)c(=O)n(C)c(=O)n2CCC. The molecular weight excluding hydrogens is 510 g/mol. The Morgan fingerprint density at radius 2 is 1.84 bits per heavy atom. The average molecular weight is 548 g/mol. The smallest absolute Gasteiger partial charge is 0.331 e. The predicted octanol–water partition coefficient (Wildman–Crippen LogP) is 1.89. The van der Waals surface area contributed by atoms with E-state index in [1.807, 2.05) is 13.8 Å². The van der Waals surface area contributed by atoms with Crippen LogP contribution in [0.3, 0.4) is 0 Å². The summed E-state index contributed by atoms with van der Waals surface area (Å²) in [5, 5.41) is 0. The first-order chi connectivity index (χ1) is 18.3. The molecule has 38 heavy (non-hydrogen) atoms. The number of nitrogens with one attached hydrogen (secondary N) is 2. The number of aromatic amines is 1. The Kier molecular flexibility index (Phi) is 9.08. The normalized spacial score (nSPS) is 14.8. The zero-order valence-corrected chi connectivity index (χ0v) is 23.1. The van der Waals surface area contributed by atoms with Crippen molar-refractivity contribution in [2.75, 3.05) is 46.0 Å². The van der Waals surface area contributed by atoms with Gasteiger partial charge in [-0.25, -0.2) is 17.9 Å². The summed E-state index contributed by atoms with van der Waals surface area (Å²) in [5.41, 5.74) is 0.934. The number of hydrogen-bond acceptors (Lipinski definition) is 7. The number of hydrogen-bond donors (Lipinski definition) is 2. The summed E-state index contributed by atoms with van der Waals surface area (Å²) in [5.74, 6) is 0.492. The van der Waals surface area contributed by atoms with Crippen LogP contribution < -0.4 is 20.7 Å². The molecule has 1 aliphatic heterocycles. The number of H-pyrrole nitrogens is 1. The quantitative estimate of drug-likeness (QED) is 0.332. The van der Waals surface area contributed by atoms with Gasteiger partial charge in [-0.15, -0.1) is 0 Å². The summed E-state index contributed by atoms with van der Waals surface area (Å²) >= 11 is 0. The first-order valence-corrected chi connectivity index (χ1v) is 14.6. The van der Waals surface area contributed by atoms with E-state index in [1.165, 1.54) is 13.1 Å². The van der Waals surface area contributed by atoms with Crippen LogP contribution in [-0.2, 0) is 28.4 Å².